The van der Waals surface area contributed by atoms with Crippen LogP contribution in [0.2, 0.25) is 0 Å². The van der Waals surface area contributed by atoms with Gasteiger partial charge in [-0.2, -0.15) is 0 Å². The van der Waals surface area contributed by atoms with Crippen LogP contribution in [0, 0.1) is 0 Å². The van der Waals surface area contributed by atoms with Crippen molar-refractivity contribution in [1.82, 2.24) is 19.4 Å². The fraction of sp³-hybridized carbons (Fsp3) is 0.765. The fourth-order valence-electron chi connectivity index (χ4n) is 3.62. The second-order valence-electron chi connectivity index (χ2n) is 6.61. The van der Waals surface area contributed by atoms with Crippen LogP contribution in [0.4, 0.5) is 0 Å². The third-order valence-electron chi connectivity index (χ3n) is 4.98. The average molecular weight is 320 g/mol. The number of rotatable bonds is 6. The van der Waals surface area contributed by atoms with Crippen molar-refractivity contribution in [2.75, 3.05) is 39.4 Å². The number of carbonyl (C=O) groups excluding carboxylic acids is 1. The van der Waals surface area contributed by atoms with E-state index in [1.54, 1.807) is 6.20 Å². The zero-order chi connectivity index (χ0) is 16.1. The SMILES string of the molecule is Cn1ccnc1C(=O)N(CCCN1CCCC1)C1CCOCC1. The monoisotopic (exact) mass is 320 g/mol. The van der Waals surface area contributed by atoms with Crippen LogP contribution in [-0.4, -0.2) is 70.7 Å². The molecule has 1 aromatic rings. The van der Waals surface area contributed by atoms with Gasteiger partial charge >= 0.3 is 0 Å². The fourth-order valence-corrected chi connectivity index (χ4v) is 3.62. The van der Waals surface area contributed by atoms with Crippen molar-refractivity contribution in [3.05, 3.63) is 18.2 Å². The van der Waals surface area contributed by atoms with Gasteiger partial charge < -0.3 is 19.1 Å². The summed E-state index contributed by atoms with van der Waals surface area (Å²) >= 11 is 0. The summed E-state index contributed by atoms with van der Waals surface area (Å²) in [6, 6.07) is 0.284. The predicted molar refractivity (Wildman–Crippen MR) is 88.4 cm³/mol. The van der Waals surface area contributed by atoms with Crippen LogP contribution in [0.25, 0.3) is 0 Å². The molecule has 0 saturated carbocycles. The lowest BCUT2D eigenvalue weighted by Gasteiger charge is -2.34. The molecule has 6 nitrogen and oxygen atoms in total. The van der Waals surface area contributed by atoms with Gasteiger partial charge in [0.05, 0.1) is 0 Å². The normalized spacial score (nSPS) is 20.0. The van der Waals surface area contributed by atoms with Crippen LogP contribution in [-0.2, 0) is 11.8 Å². The lowest BCUT2D eigenvalue weighted by atomic mass is 10.1. The Balaban J connectivity index is 1.63. The highest BCUT2D eigenvalue weighted by Gasteiger charge is 2.28. The van der Waals surface area contributed by atoms with Crippen LogP contribution in [0.3, 0.4) is 0 Å². The molecular weight excluding hydrogens is 292 g/mol. The van der Waals surface area contributed by atoms with Gasteiger partial charge in [0.25, 0.3) is 5.91 Å². The molecule has 0 N–H and O–H groups in total. The summed E-state index contributed by atoms with van der Waals surface area (Å²) in [5.41, 5.74) is 0. The molecule has 0 radical (unpaired) electrons. The minimum atomic E-state index is 0.0609. The molecule has 2 saturated heterocycles. The molecule has 0 aliphatic carbocycles. The van der Waals surface area contributed by atoms with E-state index in [9.17, 15) is 4.79 Å². The van der Waals surface area contributed by atoms with Crippen molar-refractivity contribution in [3.63, 3.8) is 0 Å². The van der Waals surface area contributed by atoms with Gasteiger partial charge in [0.2, 0.25) is 0 Å². The van der Waals surface area contributed by atoms with Gasteiger partial charge in [-0.3, -0.25) is 4.79 Å². The van der Waals surface area contributed by atoms with Crippen LogP contribution in [0.15, 0.2) is 12.4 Å². The number of aryl methyl sites for hydroxylation is 1. The van der Waals surface area contributed by atoms with E-state index in [1.807, 2.05) is 22.7 Å². The summed E-state index contributed by atoms with van der Waals surface area (Å²) in [6.45, 7) is 5.83. The number of hydrogen-bond donors (Lipinski definition) is 0. The summed E-state index contributed by atoms with van der Waals surface area (Å²) in [4.78, 5) is 21.7. The molecular formula is C17H28N4O2. The molecule has 1 amide bonds. The van der Waals surface area contributed by atoms with Gasteiger partial charge in [0.15, 0.2) is 5.82 Å². The number of aromatic nitrogens is 2. The number of ether oxygens (including phenoxy) is 1. The molecule has 2 aliphatic rings. The van der Waals surface area contributed by atoms with E-state index in [0.29, 0.717) is 5.82 Å². The molecule has 0 bridgehead atoms. The number of carbonyl (C=O) groups is 1. The zero-order valence-electron chi connectivity index (χ0n) is 14.1. The molecule has 0 atom stereocenters. The summed E-state index contributed by atoms with van der Waals surface area (Å²) in [6.07, 6.45) is 9.05. The van der Waals surface area contributed by atoms with Crippen molar-refractivity contribution in [1.29, 1.82) is 0 Å². The van der Waals surface area contributed by atoms with Crippen molar-refractivity contribution in [3.8, 4) is 0 Å². The third-order valence-corrected chi connectivity index (χ3v) is 4.98. The highest BCUT2D eigenvalue weighted by atomic mass is 16.5. The highest BCUT2D eigenvalue weighted by Crippen LogP contribution is 2.18. The maximum Gasteiger partial charge on any atom is 0.290 e. The van der Waals surface area contributed by atoms with Crippen molar-refractivity contribution < 1.29 is 9.53 Å². The minimum Gasteiger partial charge on any atom is -0.381 e. The molecule has 3 rings (SSSR count). The van der Waals surface area contributed by atoms with E-state index in [4.69, 9.17) is 4.74 Å². The minimum absolute atomic E-state index is 0.0609. The Morgan fingerprint density at radius 3 is 2.74 bits per heavy atom. The van der Waals surface area contributed by atoms with E-state index in [0.717, 1.165) is 45.6 Å². The zero-order valence-corrected chi connectivity index (χ0v) is 14.1. The van der Waals surface area contributed by atoms with Crippen LogP contribution < -0.4 is 0 Å². The van der Waals surface area contributed by atoms with Gasteiger partial charge in [-0.1, -0.05) is 0 Å². The lowest BCUT2D eigenvalue weighted by Crippen LogP contribution is -2.45. The molecule has 0 spiro atoms. The molecule has 3 heterocycles. The Morgan fingerprint density at radius 1 is 1.35 bits per heavy atom. The van der Waals surface area contributed by atoms with Gasteiger partial charge in [-0.05, 0) is 51.7 Å². The van der Waals surface area contributed by atoms with Crippen molar-refractivity contribution in [2.24, 2.45) is 7.05 Å². The number of likely N-dealkylation sites (tertiary alicyclic amines) is 1. The average Bonchev–Trinajstić information content (AvgIpc) is 3.23. The van der Waals surface area contributed by atoms with Crippen LogP contribution in [0.1, 0.15) is 42.7 Å². The van der Waals surface area contributed by atoms with Crippen molar-refractivity contribution >= 4 is 5.91 Å². The molecule has 0 unspecified atom stereocenters. The molecule has 2 aliphatic heterocycles. The molecule has 128 valence electrons. The summed E-state index contributed by atoms with van der Waals surface area (Å²) < 4.78 is 7.28. The first-order chi connectivity index (χ1) is 11.3. The second-order valence-corrected chi connectivity index (χ2v) is 6.61. The van der Waals surface area contributed by atoms with E-state index in [2.05, 4.69) is 9.88 Å². The first kappa shape index (κ1) is 16.5. The Hall–Kier alpha value is -1.40. The molecule has 0 aromatic carbocycles. The predicted octanol–water partition coefficient (Wildman–Crippen LogP) is 1.53. The van der Waals surface area contributed by atoms with E-state index in [1.165, 1.54) is 25.9 Å². The third kappa shape index (κ3) is 4.12. The first-order valence-electron chi connectivity index (χ1n) is 8.84. The van der Waals surface area contributed by atoms with E-state index in [-0.39, 0.29) is 11.9 Å². The number of amides is 1. The van der Waals surface area contributed by atoms with Crippen LogP contribution >= 0.6 is 0 Å². The van der Waals surface area contributed by atoms with Gasteiger partial charge in [-0.15, -0.1) is 0 Å². The molecule has 2 fully saturated rings. The number of hydrogen-bond acceptors (Lipinski definition) is 4. The Labute approximate surface area is 138 Å². The maximum absolute atomic E-state index is 12.9. The van der Waals surface area contributed by atoms with Crippen LogP contribution in [0.5, 0.6) is 0 Å². The Bertz CT molecular complexity index is 504. The molecule has 23 heavy (non-hydrogen) atoms. The summed E-state index contributed by atoms with van der Waals surface area (Å²) in [5, 5.41) is 0. The van der Waals surface area contributed by atoms with Crippen molar-refractivity contribution in [2.45, 2.75) is 38.1 Å². The quantitative estimate of drug-likeness (QED) is 0.797. The largest absolute Gasteiger partial charge is 0.381 e. The van der Waals surface area contributed by atoms with E-state index < -0.39 is 0 Å². The van der Waals surface area contributed by atoms with E-state index >= 15 is 0 Å². The lowest BCUT2D eigenvalue weighted by molar-refractivity contribution is 0.0272. The van der Waals surface area contributed by atoms with Gasteiger partial charge in [-0.25, -0.2) is 4.98 Å². The molecule has 6 heteroatoms. The topological polar surface area (TPSA) is 50.6 Å². The summed E-state index contributed by atoms with van der Waals surface area (Å²) in [5.74, 6) is 0.600. The van der Waals surface area contributed by atoms with Gasteiger partial charge in [0.1, 0.15) is 0 Å². The number of imidazole rings is 1. The van der Waals surface area contributed by atoms with Gasteiger partial charge in [0, 0.05) is 45.2 Å². The smallest absolute Gasteiger partial charge is 0.290 e. The Morgan fingerprint density at radius 2 is 2.09 bits per heavy atom. The highest BCUT2D eigenvalue weighted by molar-refractivity contribution is 5.91. The Kier molecular flexibility index (Phi) is 5.67. The molecule has 1 aromatic heterocycles. The standard InChI is InChI=1S/C17H28N4O2/c1-19-12-7-18-16(19)17(22)21(15-5-13-23-14-6-15)11-4-10-20-8-2-3-9-20/h7,12,15H,2-6,8-11,13-14H2,1H3. The number of nitrogens with zero attached hydrogens (tertiary/aromatic N) is 4. The maximum atomic E-state index is 12.9. The summed E-state index contributed by atoms with van der Waals surface area (Å²) in [7, 11) is 1.88. The second kappa shape index (κ2) is 7.93. The first-order valence-corrected chi connectivity index (χ1v) is 8.84.